The normalized spacial score (nSPS) is 11.0. The Bertz CT molecular complexity index is 1510. The van der Waals surface area contributed by atoms with Gasteiger partial charge in [0.05, 0.1) is 34.1 Å². The van der Waals surface area contributed by atoms with Crippen molar-refractivity contribution in [2.75, 3.05) is 12.4 Å². The van der Waals surface area contributed by atoms with Gasteiger partial charge in [0.25, 0.3) is 11.6 Å². The molecule has 0 aliphatic rings. The van der Waals surface area contributed by atoms with E-state index in [2.05, 4.69) is 10.4 Å². The summed E-state index contributed by atoms with van der Waals surface area (Å²) in [5.41, 5.74) is 2.36. The van der Waals surface area contributed by atoms with Crippen molar-refractivity contribution < 1.29 is 14.5 Å². The van der Waals surface area contributed by atoms with Gasteiger partial charge in [-0.05, 0) is 48.5 Å². The van der Waals surface area contributed by atoms with Crippen molar-refractivity contribution in [3.05, 3.63) is 105 Å². The van der Waals surface area contributed by atoms with Gasteiger partial charge in [0.15, 0.2) is 0 Å². The van der Waals surface area contributed by atoms with E-state index in [4.69, 9.17) is 16.3 Å². The lowest BCUT2D eigenvalue weighted by Gasteiger charge is -2.06. The predicted octanol–water partition coefficient (Wildman–Crippen LogP) is 5.66. The lowest BCUT2D eigenvalue weighted by molar-refractivity contribution is -0.384. The van der Waals surface area contributed by atoms with Crippen LogP contribution in [0.1, 0.15) is 5.56 Å². The number of nitro groups is 1. The molecular weight excluding hydrogens is 482 g/mol. The van der Waals surface area contributed by atoms with Gasteiger partial charge in [0, 0.05) is 29.5 Å². The fraction of sp³-hybridized carbons (Fsp3) is 0.0385. The number of non-ortho nitro benzene ring substituents is 1. The topological polar surface area (TPSA) is 123 Å². The van der Waals surface area contributed by atoms with Gasteiger partial charge in [-0.15, -0.1) is 0 Å². The van der Waals surface area contributed by atoms with Crippen LogP contribution >= 0.6 is 11.6 Å². The molecular formula is C26H18ClN5O4. The standard InChI is InChI=1S/C26H18ClN5O4/c1-36-22-10-7-17(8-11-22)25-19(16-31(30-25)20-5-3-2-4-6-20)13-18(15-28)26(33)29-24-12-9-21(32(34)35)14-23(24)27/h2-14,16H,1H3,(H,29,33). The number of anilines is 1. The smallest absolute Gasteiger partial charge is 0.271 e. The summed E-state index contributed by atoms with van der Waals surface area (Å²) in [4.78, 5) is 23.2. The molecule has 36 heavy (non-hydrogen) atoms. The van der Waals surface area contributed by atoms with E-state index in [9.17, 15) is 20.2 Å². The highest BCUT2D eigenvalue weighted by molar-refractivity contribution is 6.34. The molecule has 10 heteroatoms. The molecule has 9 nitrogen and oxygen atoms in total. The molecule has 1 aromatic heterocycles. The molecule has 0 spiro atoms. The van der Waals surface area contributed by atoms with E-state index in [1.54, 1.807) is 30.1 Å². The first-order valence-corrected chi connectivity index (χ1v) is 10.9. The van der Waals surface area contributed by atoms with E-state index < -0.39 is 10.8 Å². The maximum absolute atomic E-state index is 12.9. The van der Waals surface area contributed by atoms with Crippen LogP contribution in [0.5, 0.6) is 5.75 Å². The Morgan fingerprint density at radius 3 is 2.50 bits per heavy atom. The van der Waals surface area contributed by atoms with Gasteiger partial charge in [-0.1, -0.05) is 29.8 Å². The summed E-state index contributed by atoms with van der Waals surface area (Å²) < 4.78 is 6.89. The van der Waals surface area contributed by atoms with E-state index in [0.29, 0.717) is 17.0 Å². The monoisotopic (exact) mass is 499 g/mol. The number of carbonyl (C=O) groups excluding carboxylic acids is 1. The second-order valence-corrected chi connectivity index (χ2v) is 7.89. The summed E-state index contributed by atoms with van der Waals surface area (Å²) in [6, 6.07) is 22.2. The van der Waals surface area contributed by atoms with Gasteiger partial charge in [-0.25, -0.2) is 4.68 Å². The second-order valence-electron chi connectivity index (χ2n) is 7.49. The third-order valence-electron chi connectivity index (χ3n) is 5.20. The lowest BCUT2D eigenvalue weighted by Crippen LogP contribution is -2.13. The molecule has 178 valence electrons. The zero-order chi connectivity index (χ0) is 25.7. The number of hydrogen-bond donors (Lipinski definition) is 1. The van der Waals surface area contributed by atoms with Crippen LogP contribution in [0.3, 0.4) is 0 Å². The van der Waals surface area contributed by atoms with Crippen LogP contribution < -0.4 is 10.1 Å². The molecule has 0 atom stereocenters. The average Bonchev–Trinajstić information content (AvgIpc) is 3.32. The Morgan fingerprint density at radius 1 is 1.17 bits per heavy atom. The molecule has 0 aliphatic carbocycles. The van der Waals surface area contributed by atoms with Crippen molar-refractivity contribution in [3.63, 3.8) is 0 Å². The van der Waals surface area contributed by atoms with Gasteiger partial charge in [-0.2, -0.15) is 10.4 Å². The fourth-order valence-corrected chi connectivity index (χ4v) is 3.61. The summed E-state index contributed by atoms with van der Waals surface area (Å²) in [5, 5.41) is 27.8. The molecule has 0 radical (unpaired) electrons. The Balaban J connectivity index is 1.72. The number of methoxy groups -OCH3 is 1. The quantitative estimate of drug-likeness (QED) is 0.151. The molecule has 0 saturated carbocycles. The maximum Gasteiger partial charge on any atom is 0.271 e. The largest absolute Gasteiger partial charge is 0.497 e. The summed E-state index contributed by atoms with van der Waals surface area (Å²) in [5.74, 6) is -0.0446. The van der Waals surface area contributed by atoms with Crippen LogP contribution in [0.25, 0.3) is 23.0 Å². The van der Waals surface area contributed by atoms with Crippen LogP contribution in [0.2, 0.25) is 5.02 Å². The third-order valence-corrected chi connectivity index (χ3v) is 5.52. The third kappa shape index (κ3) is 5.24. The number of nitriles is 1. The van der Waals surface area contributed by atoms with E-state index in [-0.39, 0.29) is 22.0 Å². The zero-order valence-corrected chi connectivity index (χ0v) is 19.6. The molecule has 0 bridgehead atoms. The Kier molecular flexibility index (Phi) is 7.09. The van der Waals surface area contributed by atoms with E-state index >= 15 is 0 Å². The summed E-state index contributed by atoms with van der Waals surface area (Å²) in [6.45, 7) is 0. The molecule has 1 heterocycles. The number of nitrogens with zero attached hydrogens (tertiary/aromatic N) is 4. The number of nitrogens with one attached hydrogen (secondary N) is 1. The predicted molar refractivity (Wildman–Crippen MR) is 136 cm³/mol. The van der Waals surface area contributed by atoms with E-state index in [1.807, 2.05) is 48.5 Å². The minimum atomic E-state index is -0.721. The van der Waals surface area contributed by atoms with Crippen LogP contribution in [0.4, 0.5) is 11.4 Å². The first-order chi connectivity index (χ1) is 17.4. The van der Waals surface area contributed by atoms with Crippen LogP contribution in [-0.2, 0) is 4.79 Å². The number of nitro benzene ring substituents is 1. The Hall–Kier alpha value is -4.94. The molecule has 0 saturated heterocycles. The number of amides is 1. The number of benzene rings is 3. The van der Waals surface area contributed by atoms with Crippen molar-refractivity contribution in [2.24, 2.45) is 0 Å². The van der Waals surface area contributed by atoms with Crippen LogP contribution in [0.15, 0.2) is 84.6 Å². The number of carbonyl (C=O) groups is 1. The van der Waals surface area contributed by atoms with Crippen LogP contribution in [-0.4, -0.2) is 27.7 Å². The van der Waals surface area contributed by atoms with Gasteiger partial charge in [0.1, 0.15) is 17.4 Å². The molecule has 0 unspecified atom stereocenters. The molecule has 4 rings (SSSR count). The molecule has 1 amide bonds. The minimum absolute atomic E-state index is 0.0225. The molecule has 3 aromatic carbocycles. The van der Waals surface area contributed by atoms with Crippen LogP contribution in [0, 0.1) is 21.4 Å². The summed E-state index contributed by atoms with van der Waals surface area (Å²) >= 11 is 6.08. The van der Waals surface area contributed by atoms with Crippen molar-refractivity contribution in [3.8, 4) is 28.8 Å². The molecule has 0 fully saturated rings. The highest BCUT2D eigenvalue weighted by Gasteiger charge is 2.17. The first-order valence-electron chi connectivity index (χ1n) is 10.6. The van der Waals surface area contributed by atoms with Crippen molar-refractivity contribution in [2.45, 2.75) is 0 Å². The first kappa shape index (κ1) is 24.2. The SMILES string of the molecule is COc1ccc(-c2nn(-c3ccccc3)cc2C=C(C#N)C(=O)Nc2ccc([N+](=O)[O-])cc2Cl)cc1. The summed E-state index contributed by atoms with van der Waals surface area (Å²) in [7, 11) is 1.57. The van der Waals surface area contributed by atoms with Gasteiger partial charge in [-0.3, -0.25) is 14.9 Å². The van der Waals surface area contributed by atoms with E-state index in [0.717, 1.165) is 17.3 Å². The number of hydrogen-bond acceptors (Lipinski definition) is 6. The second kappa shape index (κ2) is 10.5. The molecule has 0 aliphatic heterocycles. The van der Waals surface area contributed by atoms with Crippen molar-refractivity contribution >= 4 is 35.0 Å². The Labute approximate surface area is 211 Å². The maximum atomic E-state index is 12.9. The number of aromatic nitrogens is 2. The van der Waals surface area contributed by atoms with Crippen molar-refractivity contribution in [1.82, 2.24) is 9.78 Å². The average molecular weight is 500 g/mol. The number of ether oxygens (including phenoxy) is 1. The zero-order valence-electron chi connectivity index (χ0n) is 18.9. The van der Waals surface area contributed by atoms with Crippen molar-refractivity contribution in [1.29, 1.82) is 5.26 Å². The summed E-state index contributed by atoms with van der Waals surface area (Å²) in [6.07, 6.45) is 3.15. The fourth-order valence-electron chi connectivity index (χ4n) is 3.39. The minimum Gasteiger partial charge on any atom is -0.497 e. The highest BCUT2D eigenvalue weighted by atomic mass is 35.5. The Morgan fingerprint density at radius 2 is 1.89 bits per heavy atom. The highest BCUT2D eigenvalue weighted by Crippen LogP contribution is 2.29. The van der Waals surface area contributed by atoms with Gasteiger partial charge >= 0.3 is 0 Å². The number of para-hydroxylation sites is 1. The lowest BCUT2D eigenvalue weighted by atomic mass is 10.1. The molecule has 1 N–H and O–H groups in total. The number of rotatable bonds is 7. The van der Waals surface area contributed by atoms with Gasteiger partial charge in [0.2, 0.25) is 0 Å². The molecule has 4 aromatic rings. The van der Waals surface area contributed by atoms with E-state index in [1.165, 1.54) is 18.2 Å². The van der Waals surface area contributed by atoms with Gasteiger partial charge < -0.3 is 10.1 Å². The number of halogens is 1.